The van der Waals surface area contributed by atoms with Crippen LogP contribution in [-0.2, 0) is 17.8 Å². The summed E-state index contributed by atoms with van der Waals surface area (Å²) in [6, 6.07) is 5.57. The maximum absolute atomic E-state index is 12.9. The van der Waals surface area contributed by atoms with E-state index >= 15 is 0 Å². The number of rotatable bonds is 6. The maximum Gasteiger partial charge on any atom is 0.227 e. The van der Waals surface area contributed by atoms with E-state index < -0.39 is 0 Å². The van der Waals surface area contributed by atoms with Crippen molar-refractivity contribution in [3.05, 3.63) is 35.2 Å². The zero-order valence-corrected chi connectivity index (χ0v) is 16.9. The first kappa shape index (κ1) is 19.3. The molecule has 146 valence electrons. The highest BCUT2D eigenvalue weighted by Gasteiger charge is 2.25. The number of ether oxygens (including phenoxy) is 2. The van der Waals surface area contributed by atoms with Gasteiger partial charge in [0, 0.05) is 24.7 Å². The number of methoxy groups -OCH3 is 1. The van der Waals surface area contributed by atoms with Gasteiger partial charge in [-0.1, -0.05) is 13.8 Å². The van der Waals surface area contributed by atoms with Gasteiger partial charge in [0.2, 0.25) is 5.91 Å². The molecule has 0 spiro atoms. The smallest absolute Gasteiger partial charge is 0.227 e. The molecule has 6 heteroatoms. The first-order valence-corrected chi connectivity index (χ1v) is 9.54. The van der Waals surface area contributed by atoms with Gasteiger partial charge in [0.15, 0.2) is 0 Å². The highest BCUT2D eigenvalue weighted by Crippen LogP contribution is 2.35. The Morgan fingerprint density at radius 2 is 2.11 bits per heavy atom. The van der Waals surface area contributed by atoms with Crippen LogP contribution in [0.15, 0.2) is 18.2 Å². The highest BCUT2D eigenvalue weighted by molar-refractivity contribution is 5.95. The summed E-state index contributed by atoms with van der Waals surface area (Å²) >= 11 is 0. The normalized spacial score (nSPS) is 13.5. The van der Waals surface area contributed by atoms with Crippen molar-refractivity contribution in [3.8, 4) is 11.5 Å². The number of anilines is 1. The number of hydrogen-bond acceptors (Lipinski definition) is 4. The summed E-state index contributed by atoms with van der Waals surface area (Å²) in [5, 5.41) is 4.65. The first-order chi connectivity index (χ1) is 12.9. The number of aromatic nitrogens is 2. The van der Waals surface area contributed by atoms with Crippen LogP contribution in [0.2, 0.25) is 0 Å². The second-order valence-electron chi connectivity index (χ2n) is 7.45. The molecule has 27 heavy (non-hydrogen) atoms. The molecule has 0 aliphatic carbocycles. The molecule has 1 amide bonds. The van der Waals surface area contributed by atoms with Crippen LogP contribution in [0.3, 0.4) is 0 Å². The van der Waals surface area contributed by atoms with Gasteiger partial charge in [0.25, 0.3) is 0 Å². The van der Waals surface area contributed by atoms with E-state index in [2.05, 4.69) is 30.6 Å². The summed E-state index contributed by atoms with van der Waals surface area (Å²) in [4.78, 5) is 14.8. The van der Waals surface area contributed by atoms with Gasteiger partial charge in [-0.2, -0.15) is 5.10 Å². The van der Waals surface area contributed by atoms with Gasteiger partial charge < -0.3 is 14.4 Å². The van der Waals surface area contributed by atoms with Crippen molar-refractivity contribution in [2.45, 2.75) is 47.1 Å². The number of fused-ring (bicyclic) bond motifs is 1. The van der Waals surface area contributed by atoms with E-state index in [0.29, 0.717) is 31.9 Å². The fourth-order valence-electron chi connectivity index (χ4n) is 3.57. The molecule has 1 aliphatic heterocycles. The molecule has 6 nitrogen and oxygen atoms in total. The average Bonchev–Trinajstić information content (AvgIpc) is 2.91. The minimum atomic E-state index is 0.100. The first-order valence-electron chi connectivity index (χ1n) is 9.54. The standard InChI is InChI=1S/C21H29N3O3/c1-14(2)13-24-16(4)18(15(3)22-24)7-9-21(25)23-10-11-27-20-8-6-17(26-5)12-19(20)23/h6,8,12,14H,7,9-11,13H2,1-5H3. The number of benzene rings is 1. The SMILES string of the molecule is COc1ccc2c(c1)N(C(=O)CCc1c(C)nn(CC(C)C)c1C)CCO2. The van der Waals surface area contributed by atoms with Crippen LogP contribution in [0.4, 0.5) is 5.69 Å². The fourth-order valence-corrected chi connectivity index (χ4v) is 3.57. The molecule has 0 N–H and O–H groups in total. The average molecular weight is 371 g/mol. The van der Waals surface area contributed by atoms with Crippen LogP contribution in [0, 0.1) is 19.8 Å². The van der Waals surface area contributed by atoms with Crippen LogP contribution in [0.5, 0.6) is 11.5 Å². The van der Waals surface area contributed by atoms with E-state index in [1.54, 1.807) is 7.11 Å². The zero-order valence-electron chi connectivity index (χ0n) is 16.9. The molecule has 3 rings (SSSR count). The Kier molecular flexibility index (Phi) is 5.73. The summed E-state index contributed by atoms with van der Waals surface area (Å²) in [6.45, 7) is 10.5. The molecule has 0 bridgehead atoms. The van der Waals surface area contributed by atoms with Crippen molar-refractivity contribution in [3.63, 3.8) is 0 Å². The Hall–Kier alpha value is -2.50. The number of nitrogens with zero attached hydrogens (tertiary/aromatic N) is 3. The van der Waals surface area contributed by atoms with Gasteiger partial charge in [-0.15, -0.1) is 0 Å². The number of aryl methyl sites for hydroxylation is 1. The molecule has 2 heterocycles. The second kappa shape index (κ2) is 8.03. The third kappa shape index (κ3) is 4.10. The van der Waals surface area contributed by atoms with E-state index in [1.807, 2.05) is 30.0 Å². The van der Waals surface area contributed by atoms with Crippen molar-refractivity contribution in [1.82, 2.24) is 9.78 Å². The van der Waals surface area contributed by atoms with Crippen molar-refractivity contribution in [1.29, 1.82) is 0 Å². The summed E-state index contributed by atoms with van der Waals surface area (Å²) in [6.07, 6.45) is 1.15. The van der Waals surface area contributed by atoms with E-state index in [1.165, 1.54) is 5.56 Å². The molecule has 1 aromatic heterocycles. The molecule has 0 fully saturated rings. The Morgan fingerprint density at radius 1 is 1.33 bits per heavy atom. The van der Waals surface area contributed by atoms with E-state index in [9.17, 15) is 4.79 Å². The molecule has 2 aromatic rings. The predicted octanol–water partition coefficient (Wildman–Crippen LogP) is 3.52. The maximum atomic E-state index is 12.9. The van der Waals surface area contributed by atoms with Crippen LogP contribution < -0.4 is 14.4 Å². The Balaban J connectivity index is 1.74. The molecule has 0 unspecified atom stereocenters. The van der Waals surface area contributed by atoms with Crippen LogP contribution in [-0.4, -0.2) is 35.9 Å². The van der Waals surface area contributed by atoms with Crippen molar-refractivity contribution in [2.24, 2.45) is 5.92 Å². The minimum absolute atomic E-state index is 0.100. The van der Waals surface area contributed by atoms with Gasteiger partial charge in [-0.3, -0.25) is 9.48 Å². The highest BCUT2D eigenvalue weighted by atomic mass is 16.5. The van der Waals surface area contributed by atoms with Crippen molar-refractivity contribution in [2.75, 3.05) is 25.2 Å². The van der Waals surface area contributed by atoms with E-state index in [0.717, 1.165) is 35.1 Å². The van der Waals surface area contributed by atoms with Gasteiger partial charge in [0.1, 0.15) is 18.1 Å². The fraction of sp³-hybridized carbons (Fsp3) is 0.524. The number of hydrogen-bond donors (Lipinski definition) is 0. The molecule has 1 aromatic carbocycles. The monoisotopic (exact) mass is 371 g/mol. The van der Waals surface area contributed by atoms with Crippen LogP contribution >= 0.6 is 0 Å². The predicted molar refractivity (Wildman–Crippen MR) is 106 cm³/mol. The summed E-state index contributed by atoms with van der Waals surface area (Å²) in [7, 11) is 1.62. The zero-order chi connectivity index (χ0) is 19.6. The van der Waals surface area contributed by atoms with Gasteiger partial charge in [-0.25, -0.2) is 0 Å². The minimum Gasteiger partial charge on any atom is -0.497 e. The largest absolute Gasteiger partial charge is 0.497 e. The lowest BCUT2D eigenvalue weighted by molar-refractivity contribution is -0.118. The molecule has 0 saturated carbocycles. The molecular formula is C21H29N3O3. The molecule has 0 radical (unpaired) electrons. The molecular weight excluding hydrogens is 342 g/mol. The Morgan fingerprint density at radius 3 is 2.81 bits per heavy atom. The van der Waals surface area contributed by atoms with Crippen molar-refractivity contribution >= 4 is 11.6 Å². The molecule has 1 aliphatic rings. The number of carbonyl (C=O) groups excluding carboxylic acids is 1. The summed E-state index contributed by atoms with van der Waals surface area (Å²) < 4.78 is 13.0. The summed E-state index contributed by atoms with van der Waals surface area (Å²) in [5.74, 6) is 2.09. The third-order valence-corrected chi connectivity index (χ3v) is 4.99. The van der Waals surface area contributed by atoms with Gasteiger partial charge >= 0.3 is 0 Å². The third-order valence-electron chi connectivity index (χ3n) is 4.99. The van der Waals surface area contributed by atoms with Gasteiger partial charge in [0.05, 0.1) is 25.0 Å². The molecule has 0 saturated heterocycles. The topological polar surface area (TPSA) is 56.6 Å². The molecule has 0 atom stereocenters. The van der Waals surface area contributed by atoms with Crippen LogP contribution in [0.1, 0.15) is 37.2 Å². The number of amides is 1. The number of carbonyl (C=O) groups is 1. The Bertz CT molecular complexity index is 826. The Labute approximate surface area is 161 Å². The van der Waals surface area contributed by atoms with E-state index in [-0.39, 0.29) is 5.91 Å². The second-order valence-corrected chi connectivity index (χ2v) is 7.45. The lowest BCUT2D eigenvalue weighted by atomic mass is 10.1. The van der Waals surface area contributed by atoms with Gasteiger partial charge in [-0.05, 0) is 43.9 Å². The quantitative estimate of drug-likeness (QED) is 0.780. The van der Waals surface area contributed by atoms with Crippen LogP contribution in [0.25, 0.3) is 0 Å². The summed E-state index contributed by atoms with van der Waals surface area (Å²) in [5.41, 5.74) is 4.15. The van der Waals surface area contributed by atoms with Crippen molar-refractivity contribution < 1.29 is 14.3 Å². The lowest BCUT2D eigenvalue weighted by Gasteiger charge is -2.30. The van der Waals surface area contributed by atoms with E-state index in [4.69, 9.17) is 9.47 Å². The lowest BCUT2D eigenvalue weighted by Crippen LogP contribution is -2.38.